The Hall–Kier alpha value is -1.09. The van der Waals surface area contributed by atoms with Crippen molar-refractivity contribution < 1.29 is 9.13 Å². The summed E-state index contributed by atoms with van der Waals surface area (Å²) in [6.07, 6.45) is 4.88. The van der Waals surface area contributed by atoms with E-state index in [1.54, 1.807) is 12.1 Å². The van der Waals surface area contributed by atoms with Gasteiger partial charge in [-0.05, 0) is 49.4 Å². The molecule has 1 fully saturated rings. The van der Waals surface area contributed by atoms with Crippen molar-refractivity contribution in [3.05, 3.63) is 29.6 Å². The van der Waals surface area contributed by atoms with Crippen LogP contribution in [0.2, 0.25) is 0 Å². The largest absolute Gasteiger partial charge is 0.494 e. The average Bonchev–Trinajstić information content (AvgIpc) is 2.27. The highest BCUT2D eigenvalue weighted by Gasteiger charge is 2.17. The Morgan fingerprint density at radius 2 is 2.22 bits per heavy atom. The molecule has 1 aromatic carbocycles. The molecule has 1 saturated carbocycles. The van der Waals surface area contributed by atoms with Gasteiger partial charge >= 0.3 is 0 Å². The summed E-state index contributed by atoms with van der Waals surface area (Å²) in [6, 6.07) is 5.96. The van der Waals surface area contributed by atoms with Crippen LogP contribution in [0.5, 0.6) is 5.75 Å². The molecular weight excluding hydrogens is 229 g/mol. The summed E-state index contributed by atoms with van der Waals surface area (Å²) in [4.78, 5) is 0. The highest BCUT2D eigenvalue weighted by atomic mass is 19.1. The molecule has 0 aromatic heterocycles. The maximum absolute atomic E-state index is 13.5. The molecule has 100 valence electrons. The first-order valence-electron chi connectivity index (χ1n) is 6.75. The van der Waals surface area contributed by atoms with Gasteiger partial charge < -0.3 is 10.1 Å². The second-order valence-corrected chi connectivity index (χ2v) is 5.31. The lowest BCUT2D eigenvalue weighted by Gasteiger charge is -2.28. The minimum absolute atomic E-state index is 0.269. The third kappa shape index (κ3) is 3.45. The number of hydrogen-bond donors (Lipinski definition) is 1. The van der Waals surface area contributed by atoms with Crippen molar-refractivity contribution >= 4 is 0 Å². The lowest BCUT2D eigenvalue weighted by atomic mass is 9.92. The Morgan fingerprint density at radius 3 is 2.78 bits per heavy atom. The normalized spacial score (nSPS) is 17.3. The van der Waals surface area contributed by atoms with Crippen LogP contribution in [0.4, 0.5) is 4.39 Å². The number of nitrogens with one attached hydrogen (secondary N) is 1. The predicted molar refractivity (Wildman–Crippen MR) is 71.5 cm³/mol. The lowest BCUT2D eigenvalue weighted by molar-refractivity contribution is 0.320. The van der Waals surface area contributed by atoms with Gasteiger partial charge in [0.25, 0.3) is 0 Å². The zero-order valence-electron chi connectivity index (χ0n) is 11.2. The Kier molecular flexibility index (Phi) is 4.59. The van der Waals surface area contributed by atoms with Gasteiger partial charge in [-0.1, -0.05) is 19.4 Å². The maximum Gasteiger partial charge on any atom is 0.165 e. The van der Waals surface area contributed by atoms with Gasteiger partial charge in [-0.2, -0.15) is 0 Å². The number of benzene rings is 1. The monoisotopic (exact) mass is 251 g/mol. The van der Waals surface area contributed by atoms with Crippen LogP contribution in [0.15, 0.2) is 18.2 Å². The summed E-state index contributed by atoms with van der Waals surface area (Å²) >= 11 is 0. The second-order valence-electron chi connectivity index (χ2n) is 5.31. The van der Waals surface area contributed by atoms with E-state index in [1.807, 2.05) is 6.07 Å². The van der Waals surface area contributed by atoms with E-state index in [9.17, 15) is 4.39 Å². The van der Waals surface area contributed by atoms with Gasteiger partial charge in [0.15, 0.2) is 11.6 Å². The molecule has 1 unspecified atom stereocenters. The summed E-state index contributed by atoms with van der Waals surface area (Å²) in [6.45, 7) is 3.21. The third-order valence-electron chi connectivity index (χ3n) is 3.66. The molecule has 1 N–H and O–H groups in total. The quantitative estimate of drug-likeness (QED) is 0.838. The van der Waals surface area contributed by atoms with Gasteiger partial charge in [0.05, 0.1) is 7.11 Å². The van der Waals surface area contributed by atoms with E-state index < -0.39 is 0 Å². The van der Waals surface area contributed by atoms with E-state index in [0.29, 0.717) is 11.7 Å². The summed E-state index contributed by atoms with van der Waals surface area (Å²) in [5.41, 5.74) is 1.04. The Morgan fingerprint density at radius 1 is 1.44 bits per heavy atom. The molecule has 0 bridgehead atoms. The molecule has 0 amide bonds. The molecule has 1 aliphatic rings. The predicted octanol–water partition coefficient (Wildman–Crippen LogP) is 3.16. The zero-order chi connectivity index (χ0) is 13.0. The topological polar surface area (TPSA) is 21.3 Å². The molecule has 2 nitrogen and oxygen atoms in total. The highest BCUT2D eigenvalue weighted by molar-refractivity contribution is 5.29. The summed E-state index contributed by atoms with van der Waals surface area (Å²) < 4.78 is 18.5. The number of rotatable bonds is 6. The number of ether oxygens (including phenoxy) is 1. The first-order chi connectivity index (χ1) is 8.69. The fourth-order valence-corrected chi connectivity index (χ4v) is 2.29. The van der Waals surface area contributed by atoms with Crippen LogP contribution in [-0.4, -0.2) is 19.7 Å². The minimum atomic E-state index is -0.269. The number of methoxy groups -OCH3 is 1. The molecule has 1 atom stereocenters. The molecule has 0 spiro atoms. The maximum atomic E-state index is 13.5. The van der Waals surface area contributed by atoms with Crippen molar-refractivity contribution in [2.75, 3.05) is 13.7 Å². The van der Waals surface area contributed by atoms with E-state index in [0.717, 1.165) is 24.6 Å². The molecule has 3 heteroatoms. The zero-order valence-corrected chi connectivity index (χ0v) is 11.2. The molecule has 18 heavy (non-hydrogen) atoms. The standard InChI is InChI=1S/C15H22FNO/c1-11(10-17-13-4-3-5-13)8-12-6-7-15(18-2)14(16)9-12/h6-7,9,11,13,17H,3-5,8,10H2,1-2H3. The molecule has 0 aliphatic heterocycles. The van der Waals surface area contributed by atoms with E-state index in [-0.39, 0.29) is 5.82 Å². The first-order valence-corrected chi connectivity index (χ1v) is 6.75. The number of halogens is 1. The van der Waals surface area contributed by atoms with Crippen molar-refractivity contribution in [1.29, 1.82) is 0 Å². The Labute approximate surface area is 109 Å². The van der Waals surface area contributed by atoms with Gasteiger partial charge in [-0.15, -0.1) is 0 Å². The minimum Gasteiger partial charge on any atom is -0.494 e. The number of hydrogen-bond acceptors (Lipinski definition) is 2. The molecule has 0 heterocycles. The third-order valence-corrected chi connectivity index (χ3v) is 3.66. The van der Waals surface area contributed by atoms with E-state index in [2.05, 4.69) is 12.2 Å². The summed E-state index contributed by atoms with van der Waals surface area (Å²) in [7, 11) is 1.49. The van der Waals surface area contributed by atoms with E-state index in [1.165, 1.54) is 26.4 Å². The van der Waals surface area contributed by atoms with Crippen LogP contribution in [-0.2, 0) is 6.42 Å². The van der Waals surface area contributed by atoms with Crippen molar-refractivity contribution in [3.8, 4) is 5.75 Å². The van der Waals surface area contributed by atoms with E-state index >= 15 is 0 Å². The van der Waals surface area contributed by atoms with Crippen LogP contribution in [0.3, 0.4) is 0 Å². The lowest BCUT2D eigenvalue weighted by Crippen LogP contribution is -2.38. The van der Waals surface area contributed by atoms with Crippen LogP contribution in [0.25, 0.3) is 0 Å². The van der Waals surface area contributed by atoms with Gasteiger partial charge in [-0.3, -0.25) is 0 Å². The molecule has 1 aromatic rings. The average molecular weight is 251 g/mol. The van der Waals surface area contributed by atoms with Crippen molar-refractivity contribution in [2.24, 2.45) is 5.92 Å². The molecular formula is C15H22FNO. The fourth-order valence-electron chi connectivity index (χ4n) is 2.29. The van der Waals surface area contributed by atoms with Crippen LogP contribution in [0.1, 0.15) is 31.7 Å². The highest BCUT2D eigenvalue weighted by Crippen LogP contribution is 2.21. The van der Waals surface area contributed by atoms with Crippen molar-refractivity contribution in [1.82, 2.24) is 5.32 Å². The molecule has 1 aliphatic carbocycles. The second kappa shape index (κ2) is 6.19. The summed E-state index contributed by atoms with van der Waals surface area (Å²) in [5.74, 6) is 0.576. The van der Waals surface area contributed by atoms with Gasteiger partial charge in [-0.25, -0.2) is 4.39 Å². The molecule has 0 saturated heterocycles. The SMILES string of the molecule is COc1ccc(CC(C)CNC2CCC2)cc1F. The van der Waals surface area contributed by atoms with Crippen LogP contribution >= 0.6 is 0 Å². The first kappa shape index (κ1) is 13.3. The van der Waals surface area contributed by atoms with Crippen molar-refractivity contribution in [3.63, 3.8) is 0 Å². The Balaban J connectivity index is 1.82. The van der Waals surface area contributed by atoms with Gasteiger partial charge in [0.2, 0.25) is 0 Å². The van der Waals surface area contributed by atoms with Crippen molar-refractivity contribution in [2.45, 2.75) is 38.6 Å². The molecule has 2 rings (SSSR count). The fraction of sp³-hybridized carbons (Fsp3) is 0.600. The Bertz CT molecular complexity index is 390. The van der Waals surface area contributed by atoms with E-state index in [4.69, 9.17) is 4.74 Å². The summed E-state index contributed by atoms with van der Waals surface area (Å²) in [5, 5.41) is 3.56. The van der Waals surface area contributed by atoms with Crippen LogP contribution < -0.4 is 10.1 Å². The smallest absolute Gasteiger partial charge is 0.165 e. The van der Waals surface area contributed by atoms with Gasteiger partial charge in [0, 0.05) is 6.04 Å². The van der Waals surface area contributed by atoms with Crippen LogP contribution in [0, 0.1) is 11.7 Å². The molecule has 0 radical (unpaired) electrons. The van der Waals surface area contributed by atoms with Gasteiger partial charge in [0.1, 0.15) is 0 Å².